The summed E-state index contributed by atoms with van der Waals surface area (Å²) >= 11 is 1.12. The van der Waals surface area contributed by atoms with Gasteiger partial charge in [0.1, 0.15) is 5.75 Å². The second-order valence-corrected chi connectivity index (χ2v) is 4.77. The zero-order valence-corrected chi connectivity index (χ0v) is 10.2. The zero-order valence-electron chi connectivity index (χ0n) is 9.38. The molecule has 0 aromatic heterocycles. The Hall–Kier alpha value is -1.74. The van der Waals surface area contributed by atoms with E-state index in [-0.39, 0.29) is 10.9 Å². The van der Waals surface area contributed by atoms with Gasteiger partial charge in [-0.25, -0.2) is 0 Å². The summed E-state index contributed by atoms with van der Waals surface area (Å²) in [6.07, 6.45) is 0. The van der Waals surface area contributed by atoms with Crippen molar-refractivity contribution in [1.82, 2.24) is 0 Å². The molecule has 0 fully saturated rings. The molecule has 2 aromatic carbocycles. The molecule has 3 heteroatoms. The molecule has 0 atom stereocenters. The van der Waals surface area contributed by atoms with Crippen molar-refractivity contribution in [2.75, 3.05) is 0 Å². The van der Waals surface area contributed by atoms with E-state index >= 15 is 0 Å². The molecule has 0 bridgehead atoms. The maximum Gasteiger partial charge on any atom is 0.227 e. The second-order valence-electron chi connectivity index (χ2n) is 3.72. The number of aryl methyl sites for hydroxylation is 1. The molecule has 0 heterocycles. The Morgan fingerprint density at radius 2 is 1.71 bits per heavy atom. The zero-order chi connectivity index (χ0) is 12.3. The number of rotatable bonds is 2. The van der Waals surface area contributed by atoms with Gasteiger partial charge in [0.25, 0.3) is 0 Å². The second kappa shape index (κ2) is 5.06. The number of thioether (sulfide) groups is 1. The molecule has 1 N–H and O–H groups in total. The van der Waals surface area contributed by atoms with Crippen LogP contribution in [0.25, 0.3) is 0 Å². The molecule has 0 aliphatic rings. The third-order valence-corrected chi connectivity index (χ3v) is 3.27. The van der Waals surface area contributed by atoms with E-state index in [0.717, 1.165) is 22.2 Å². The maximum absolute atomic E-state index is 11.9. The van der Waals surface area contributed by atoms with Crippen LogP contribution in [0.4, 0.5) is 0 Å². The fourth-order valence-electron chi connectivity index (χ4n) is 1.41. The Balaban J connectivity index is 2.17. The van der Waals surface area contributed by atoms with Gasteiger partial charge in [0.2, 0.25) is 5.12 Å². The first-order valence-corrected chi connectivity index (χ1v) is 6.05. The molecule has 0 spiro atoms. The molecule has 2 aromatic rings. The monoisotopic (exact) mass is 244 g/mol. The summed E-state index contributed by atoms with van der Waals surface area (Å²) in [7, 11) is 0. The third-order valence-electron chi connectivity index (χ3n) is 2.36. The van der Waals surface area contributed by atoms with E-state index in [1.807, 2.05) is 31.2 Å². The molecule has 0 amide bonds. The van der Waals surface area contributed by atoms with E-state index in [1.165, 1.54) is 6.07 Å². The number of aromatic hydroxyl groups is 1. The first-order chi connectivity index (χ1) is 8.16. The largest absolute Gasteiger partial charge is 0.507 e. The first kappa shape index (κ1) is 11.7. The lowest BCUT2D eigenvalue weighted by atomic mass is 10.2. The molecule has 0 radical (unpaired) electrons. The number of carbonyl (C=O) groups excluding carboxylic acids is 1. The normalized spacial score (nSPS) is 10.2. The minimum atomic E-state index is -0.146. The molecule has 0 unspecified atom stereocenters. The van der Waals surface area contributed by atoms with Gasteiger partial charge in [0.05, 0.1) is 5.56 Å². The molecule has 17 heavy (non-hydrogen) atoms. The van der Waals surface area contributed by atoms with Crippen molar-refractivity contribution in [3.63, 3.8) is 0 Å². The van der Waals surface area contributed by atoms with Crippen LogP contribution in [0.5, 0.6) is 5.75 Å². The molecule has 86 valence electrons. The molecular formula is C14H12O2S. The van der Waals surface area contributed by atoms with Crippen LogP contribution >= 0.6 is 11.8 Å². The smallest absolute Gasteiger partial charge is 0.227 e. The Bertz CT molecular complexity index is 532. The maximum atomic E-state index is 11.9. The number of carbonyl (C=O) groups is 1. The minimum absolute atomic E-state index is 0.0251. The minimum Gasteiger partial charge on any atom is -0.507 e. The number of phenolic OH excluding ortho intramolecular Hbond substituents is 1. The van der Waals surface area contributed by atoms with Crippen LogP contribution < -0.4 is 0 Å². The van der Waals surface area contributed by atoms with Crippen molar-refractivity contribution in [3.05, 3.63) is 59.7 Å². The average molecular weight is 244 g/mol. The third kappa shape index (κ3) is 2.88. The van der Waals surface area contributed by atoms with Gasteiger partial charge in [-0.2, -0.15) is 0 Å². The lowest BCUT2D eigenvalue weighted by Gasteiger charge is -2.03. The molecule has 0 saturated carbocycles. The van der Waals surface area contributed by atoms with Gasteiger partial charge in [-0.05, 0) is 43.0 Å². The highest BCUT2D eigenvalue weighted by molar-refractivity contribution is 8.14. The van der Waals surface area contributed by atoms with Crippen molar-refractivity contribution < 1.29 is 9.90 Å². The Labute approximate surface area is 104 Å². The highest BCUT2D eigenvalue weighted by atomic mass is 32.2. The van der Waals surface area contributed by atoms with Crippen molar-refractivity contribution >= 4 is 16.9 Å². The van der Waals surface area contributed by atoms with Gasteiger partial charge < -0.3 is 5.11 Å². The molecule has 0 aliphatic heterocycles. The van der Waals surface area contributed by atoms with E-state index in [0.29, 0.717) is 5.56 Å². The van der Waals surface area contributed by atoms with Crippen LogP contribution in [0.3, 0.4) is 0 Å². The van der Waals surface area contributed by atoms with Crippen molar-refractivity contribution in [1.29, 1.82) is 0 Å². The topological polar surface area (TPSA) is 37.3 Å². The van der Waals surface area contributed by atoms with Gasteiger partial charge in [0.15, 0.2) is 0 Å². The summed E-state index contributed by atoms with van der Waals surface area (Å²) in [5.41, 5.74) is 1.50. The number of para-hydroxylation sites is 1. The highest BCUT2D eigenvalue weighted by Gasteiger charge is 2.11. The summed E-state index contributed by atoms with van der Waals surface area (Å²) in [5.74, 6) is 0.0251. The van der Waals surface area contributed by atoms with E-state index < -0.39 is 0 Å². The molecule has 2 nitrogen and oxygen atoms in total. The van der Waals surface area contributed by atoms with Crippen LogP contribution in [0, 0.1) is 6.92 Å². The van der Waals surface area contributed by atoms with E-state index in [4.69, 9.17) is 0 Å². The van der Waals surface area contributed by atoms with Gasteiger partial charge in [-0.15, -0.1) is 0 Å². The molecule has 0 saturated heterocycles. The van der Waals surface area contributed by atoms with E-state index in [2.05, 4.69) is 0 Å². The van der Waals surface area contributed by atoms with Crippen LogP contribution in [0.1, 0.15) is 15.9 Å². The van der Waals surface area contributed by atoms with Crippen molar-refractivity contribution in [2.24, 2.45) is 0 Å². The van der Waals surface area contributed by atoms with Gasteiger partial charge in [-0.3, -0.25) is 4.79 Å². The Morgan fingerprint density at radius 3 is 2.35 bits per heavy atom. The SMILES string of the molecule is Cc1ccc(SC(=O)c2ccccc2O)cc1. The van der Waals surface area contributed by atoms with Crippen LogP contribution in [-0.4, -0.2) is 10.2 Å². The highest BCUT2D eigenvalue weighted by Crippen LogP contribution is 2.27. The Morgan fingerprint density at radius 1 is 1.06 bits per heavy atom. The van der Waals surface area contributed by atoms with Gasteiger partial charge in [-0.1, -0.05) is 29.8 Å². The molecule has 0 aliphatic carbocycles. The fourth-order valence-corrected chi connectivity index (χ4v) is 2.18. The van der Waals surface area contributed by atoms with Crippen LogP contribution in [0.15, 0.2) is 53.4 Å². The molecule has 2 rings (SSSR count). The van der Waals surface area contributed by atoms with Crippen LogP contribution in [-0.2, 0) is 0 Å². The van der Waals surface area contributed by atoms with Crippen molar-refractivity contribution in [3.8, 4) is 5.75 Å². The average Bonchev–Trinajstić information content (AvgIpc) is 2.32. The molecular weight excluding hydrogens is 232 g/mol. The predicted octanol–water partition coefficient (Wildman–Crippen LogP) is 3.63. The summed E-state index contributed by atoms with van der Waals surface area (Å²) < 4.78 is 0. The lowest BCUT2D eigenvalue weighted by molar-refractivity contribution is 0.108. The number of hydrogen-bond acceptors (Lipinski definition) is 3. The van der Waals surface area contributed by atoms with Crippen molar-refractivity contribution in [2.45, 2.75) is 11.8 Å². The standard InChI is InChI=1S/C14H12O2S/c1-10-6-8-11(9-7-10)17-14(16)12-4-2-3-5-13(12)15/h2-9,15H,1H3. The van der Waals surface area contributed by atoms with Crippen LogP contribution in [0.2, 0.25) is 0 Å². The lowest BCUT2D eigenvalue weighted by Crippen LogP contribution is -1.93. The summed E-state index contributed by atoms with van der Waals surface area (Å²) in [6, 6.07) is 14.3. The quantitative estimate of drug-likeness (QED) is 0.820. The van der Waals surface area contributed by atoms with Gasteiger partial charge in [0, 0.05) is 4.90 Å². The Kier molecular flexibility index (Phi) is 3.49. The first-order valence-electron chi connectivity index (χ1n) is 5.23. The van der Waals surface area contributed by atoms with E-state index in [1.54, 1.807) is 18.2 Å². The summed E-state index contributed by atoms with van der Waals surface area (Å²) in [6.45, 7) is 2.00. The van der Waals surface area contributed by atoms with Gasteiger partial charge >= 0.3 is 0 Å². The van der Waals surface area contributed by atoms with E-state index in [9.17, 15) is 9.90 Å². The number of hydrogen-bond donors (Lipinski definition) is 1. The fraction of sp³-hybridized carbons (Fsp3) is 0.0714. The summed E-state index contributed by atoms with van der Waals surface area (Å²) in [5, 5.41) is 9.42. The number of benzene rings is 2. The number of phenols is 1. The predicted molar refractivity (Wildman–Crippen MR) is 69.5 cm³/mol. The summed E-state index contributed by atoms with van der Waals surface area (Å²) in [4.78, 5) is 12.8.